The molecule has 108 valence electrons. The Kier molecular flexibility index (Phi) is 5.00. The van der Waals surface area contributed by atoms with Crippen LogP contribution >= 0.6 is 15.9 Å². The number of benzene rings is 1. The lowest BCUT2D eigenvalue weighted by Crippen LogP contribution is -2.24. The molecule has 1 aromatic heterocycles. The first-order chi connectivity index (χ1) is 9.52. The third kappa shape index (κ3) is 3.30. The molecule has 0 aliphatic heterocycles. The van der Waals surface area contributed by atoms with Crippen LogP contribution in [0.2, 0.25) is 0 Å². The van der Waals surface area contributed by atoms with Crippen LogP contribution in [0.4, 0.5) is 4.39 Å². The Morgan fingerprint density at radius 1 is 1.25 bits per heavy atom. The zero-order valence-corrected chi connectivity index (χ0v) is 13.6. The summed E-state index contributed by atoms with van der Waals surface area (Å²) >= 11 is 3.41. The van der Waals surface area contributed by atoms with E-state index in [1.165, 1.54) is 6.07 Å². The summed E-state index contributed by atoms with van der Waals surface area (Å²) in [6.45, 7) is 6.73. The van der Waals surface area contributed by atoms with Gasteiger partial charge in [0, 0.05) is 15.6 Å². The number of halogens is 2. The monoisotopic (exact) mass is 339 g/mol. The van der Waals surface area contributed by atoms with E-state index in [1.807, 2.05) is 26.0 Å². The van der Waals surface area contributed by atoms with Crippen molar-refractivity contribution in [2.24, 2.45) is 0 Å². The molecule has 20 heavy (non-hydrogen) atoms. The first-order valence-corrected chi connectivity index (χ1v) is 7.57. The molecular formula is C16H19BrFNO. The van der Waals surface area contributed by atoms with Gasteiger partial charge in [0.1, 0.15) is 17.3 Å². The van der Waals surface area contributed by atoms with E-state index >= 15 is 0 Å². The lowest BCUT2D eigenvalue weighted by atomic mass is 9.98. The van der Waals surface area contributed by atoms with E-state index in [2.05, 4.69) is 28.2 Å². The van der Waals surface area contributed by atoms with E-state index < -0.39 is 0 Å². The molecule has 1 atom stereocenters. The van der Waals surface area contributed by atoms with Crippen LogP contribution in [-0.4, -0.2) is 6.54 Å². The first-order valence-electron chi connectivity index (χ1n) is 6.78. The van der Waals surface area contributed by atoms with Gasteiger partial charge in [0.2, 0.25) is 0 Å². The maximum atomic E-state index is 14.2. The van der Waals surface area contributed by atoms with Gasteiger partial charge in [-0.2, -0.15) is 0 Å². The van der Waals surface area contributed by atoms with Crippen LogP contribution in [0.25, 0.3) is 0 Å². The van der Waals surface area contributed by atoms with Gasteiger partial charge in [0.05, 0.1) is 6.04 Å². The lowest BCUT2D eigenvalue weighted by Gasteiger charge is -2.19. The molecule has 0 bridgehead atoms. The van der Waals surface area contributed by atoms with Crippen LogP contribution in [0.3, 0.4) is 0 Å². The van der Waals surface area contributed by atoms with Gasteiger partial charge in [-0.1, -0.05) is 22.9 Å². The Hall–Kier alpha value is -1.13. The summed E-state index contributed by atoms with van der Waals surface area (Å²) in [6.07, 6.45) is 0.988. The first kappa shape index (κ1) is 15.3. The lowest BCUT2D eigenvalue weighted by molar-refractivity contribution is 0.490. The van der Waals surface area contributed by atoms with E-state index in [1.54, 1.807) is 6.07 Å². The summed E-state index contributed by atoms with van der Waals surface area (Å²) in [5, 5.41) is 3.40. The topological polar surface area (TPSA) is 25.2 Å². The molecule has 0 aliphatic carbocycles. The highest BCUT2D eigenvalue weighted by atomic mass is 79.9. The number of hydrogen-bond donors (Lipinski definition) is 1. The molecule has 0 saturated heterocycles. The Labute approximate surface area is 127 Å². The van der Waals surface area contributed by atoms with Crippen molar-refractivity contribution in [2.45, 2.75) is 33.2 Å². The maximum Gasteiger partial charge on any atom is 0.128 e. The van der Waals surface area contributed by atoms with E-state index in [0.717, 1.165) is 34.5 Å². The number of furan rings is 1. The van der Waals surface area contributed by atoms with Gasteiger partial charge in [0.25, 0.3) is 0 Å². The van der Waals surface area contributed by atoms with Crippen molar-refractivity contribution in [3.8, 4) is 0 Å². The summed E-state index contributed by atoms with van der Waals surface area (Å²) in [4.78, 5) is 0. The highest BCUT2D eigenvalue weighted by molar-refractivity contribution is 9.10. The van der Waals surface area contributed by atoms with Crippen LogP contribution in [0.1, 0.15) is 42.0 Å². The fourth-order valence-electron chi connectivity index (χ4n) is 2.35. The van der Waals surface area contributed by atoms with E-state index in [4.69, 9.17) is 4.42 Å². The minimum atomic E-state index is -0.208. The predicted molar refractivity (Wildman–Crippen MR) is 82.4 cm³/mol. The standard InChI is InChI=1S/C16H19BrFNO/c1-4-7-19-16(13-8-10(2)20-11(13)3)14-9-12(17)5-6-15(14)18/h5-6,8-9,16,19H,4,7H2,1-3H3. The quantitative estimate of drug-likeness (QED) is 0.839. The van der Waals surface area contributed by atoms with Crippen LogP contribution in [-0.2, 0) is 0 Å². The van der Waals surface area contributed by atoms with E-state index in [0.29, 0.717) is 5.56 Å². The molecule has 0 fully saturated rings. The predicted octanol–water partition coefficient (Wildman–Crippen LogP) is 4.89. The van der Waals surface area contributed by atoms with Crippen molar-refractivity contribution in [3.05, 3.63) is 57.2 Å². The van der Waals surface area contributed by atoms with Gasteiger partial charge in [-0.25, -0.2) is 4.39 Å². The van der Waals surface area contributed by atoms with Gasteiger partial charge in [-0.05, 0) is 51.1 Å². The fourth-order valence-corrected chi connectivity index (χ4v) is 2.73. The molecule has 2 rings (SSSR count). The third-order valence-corrected chi connectivity index (χ3v) is 3.75. The second-order valence-corrected chi connectivity index (χ2v) is 5.84. The summed E-state index contributed by atoms with van der Waals surface area (Å²) < 4.78 is 20.6. The van der Waals surface area contributed by atoms with Gasteiger partial charge >= 0.3 is 0 Å². The van der Waals surface area contributed by atoms with Gasteiger partial charge in [-0.3, -0.25) is 0 Å². The molecule has 2 aromatic rings. The molecule has 0 spiro atoms. The van der Waals surface area contributed by atoms with E-state index in [-0.39, 0.29) is 11.9 Å². The molecule has 1 aromatic carbocycles. The molecule has 0 radical (unpaired) electrons. The highest BCUT2D eigenvalue weighted by Crippen LogP contribution is 2.30. The van der Waals surface area contributed by atoms with Crippen molar-refractivity contribution in [1.82, 2.24) is 5.32 Å². The number of nitrogens with one attached hydrogen (secondary N) is 1. The molecule has 4 heteroatoms. The van der Waals surface area contributed by atoms with Gasteiger partial charge < -0.3 is 9.73 Å². The summed E-state index contributed by atoms with van der Waals surface area (Å²) in [7, 11) is 0. The Morgan fingerprint density at radius 3 is 2.60 bits per heavy atom. The highest BCUT2D eigenvalue weighted by Gasteiger charge is 2.21. The van der Waals surface area contributed by atoms with Crippen LogP contribution in [0.15, 0.2) is 33.2 Å². The summed E-state index contributed by atoms with van der Waals surface area (Å²) in [5.41, 5.74) is 1.63. The normalized spacial score (nSPS) is 12.7. The van der Waals surface area contributed by atoms with Gasteiger partial charge in [0.15, 0.2) is 0 Å². The SMILES string of the molecule is CCCNC(c1cc(Br)ccc1F)c1cc(C)oc1C. The van der Waals surface area contributed by atoms with Crippen molar-refractivity contribution in [2.75, 3.05) is 6.54 Å². The van der Waals surface area contributed by atoms with Crippen molar-refractivity contribution in [1.29, 1.82) is 0 Å². The molecule has 1 heterocycles. The second kappa shape index (κ2) is 6.55. The Balaban J connectivity index is 2.46. The fraction of sp³-hybridized carbons (Fsp3) is 0.375. The molecule has 0 saturated carbocycles. The Morgan fingerprint density at radius 2 is 2.00 bits per heavy atom. The number of aryl methyl sites for hydroxylation is 2. The van der Waals surface area contributed by atoms with Crippen molar-refractivity contribution >= 4 is 15.9 Å². The summed E-state index contributed by atoms with van der Waals surface area (Å²) in [6, 6.07) is 6.81. The summed E-state index contributed by atoms with van der Waals surface area (Å²) in [5.74, 6) is 1.46. The number of hydrogen-bond acceptors (Lipinski definition) is 2. The van der Waals surface area contributed by atoms with Crippen molar-refractivity contribution < 1.29 is 8.81 Å². The maximum absolute atomic E-state index is 14.2. The van der Waals surface area contributed by atoms with E-state index in [9.17, 15) is 4.39 Å². The zero-order valence-electron chi connectivity index (χ0n) is 12.0. The molecular weight excluding hydrogens is 321 g/mol. The largest absolute Gasteiger partial charge is 0.466 e. The van der Waals surface area contributed by atoms with Crippen LogP contribution < -0.4 is 5.32 Å². The average molecular weight is 340 g/mol. The smallest absolute Gasteiger partial charge is 0.128 e. The minimum Gasteiger partial charge on any atom is -0.466 e. The van der Waals surface area contributed by atoms with Crippen LogP contribution in [0.5, 0.6) is 0 Å². The average Bonchev–Trinajstić information content (AvgIpc) is 2.73. The molecule has 0 amide bonds. The van der Waals surface area contributed by atoms with Gasteiger partial charge in [-0.15, -0.1) is 0 Å². The Bertz CT molecular complexity index is 594. The minimum absolute atomic E-state index is 0.190. The van der Waals surface area contributed by atoms with Crippen molar-refractivity contribution in [3.63, 3.8) is 0 Å². The zero-order chi connectivity index (χ0) is 14.7. The molecule has 1 N–H and O–H groups in total. The van der Waals surface area contributed by atoms with Crippen LogP contribution in [0, 0.1) is 19.7 Å². The molecule has 2 nitrogen and oxygen atoms in total. The number of rotatable bonds is 5. The third-order valence-electron chi connectivity index (χ3n) is 3.26. The molecule has 1 unspecified atom stereocenters. The molecule has 0 aliphatic rings. The second-order valence-electron chi connectivity index (χ2n) is 4.92.